The first kappa shape index (κ1) is 22.2. The minimum atomic E-state index is -0.249. The third-order valence-corrected chi connectivity index (χ3v) is 6.82. The summed E-state index contributed by atoms with van der Waals surface area (Å²) in [6, 6.07) is 22.0. The van der Waals surface area contributed by atoms with Crippen LogP contribution in [0, 0.1) is 0 Å². The summed E-state index contributed by atoms with van der Waals surface area (Å²) in [7, 11) is 0. The van der Waals surface area contributed by atoms with E-state index >= 15 is 0 Å². The maximum atomic E-state index is 12.7. The highest BCUT2D eigenvalue weighted by Gasteiger charge is 2.25. The van der Waals surface area contributed by atoms with Crippen molar-refractivity contribution >= 4 is 16.7 Å². The number of H-pyrrole nitrogens is 2. The predicted molar refractivity (Wildman–Crippen MR) is 138 cm³/mol. The second-order valence-corrected chi connectivity index (χ2v) is 9.09. The number of hydrogen-bond donors (Lipinski definition) is 2. The lowest BCUT2D eigenvalue weighted by Crippen LogP contribution is -2.18. The summed E-state index contributed by atoms with van der Waals surface area (Å²) in [5, 5.41) is 1.03. The Bertz CT molecular complexity index is 1490. The highest BCUT2D eigenvalue weighted by atomic mass is 16.5. The van der Waals surface area contributed by atoms with E-state index in [-0.39, 0.29) is 11.9 Å². The number of imidazole rings is 1. The zero-order valence-corrected chi connectivity index (χ0v) is 19.9. The lowest BCUT2D eigenvalue weighted by atomic mass is 9.87. The molecule has 0 aliphatic heterocycles. The van der Waals surface area contributed by atoms with E-state index in [1.54, 1.807) is 6.20 Å². The van der Waals surface area contributed by atoms with Crippen LogP contribution in [0.2, 0.25) is 0 Å². The van der Waals surface area contributed by atoms with Gasteiger partial charge in [-0.3, -0.25) is 4.79 Å². The normalized spacial score (nSPS) is 13.9. The molecule has 5 aromatic rings. The van der Waals surface area contributed by atoms with Gasteiger partial charge < -0.3 is 19.4 Å². The molecule has 2 heterocycles. The molecular weight excluding hydrogens is 450 g/mol. The fourth-order valence-corrected chi connectivity index (χ4v) is 5.01. The van der Waals surface area contributed by atoms with Crippen LogP contribution in [-0.2, 0) is 19.4 Å². The number of aromatic nitrogens is 3. The molecule has 0 saturated heterocycles. The molecule has 3 aromatic carbocycles. The van der Waals surface area contributed by atoms with Crippen LogP contribution in [0.25, 0.3) is 10.9 Å². The number of nitrogens with zero attached hydrogens (tertiary/aromatic N) is 1. The summed E-state index contributed by atoms with van der Waals surface area (Å²) in [6.45, 7) is 0.318. The molecule has 6 heteroatoms. The molecule has 6 nitrogen and oxygen atoms in total. The van der Waals surface area contributed by atoms with Crippen molar-refractivity contribution in [2.75, 3.05) is 0 Å². The van der Waals surface area contributed by atoms with Crippen LogP contribution in [0.3, 0.4) is 0 Å². The Kier molecular flexibility index (Phi) is 6.00. The molecule has 0 bridgehead atoms. The van der Waals surface area contributed by atoms with Crippen LogP contribution in [0.1, 0.15) is 51.8 Å². The zero-order chi connectivity index (χ0) is 24.3. The van der Waals surface area contributed by atoms with Gasteiger partial charge in [-0.2, -0.15) is 0 Å². The Labute approximate surface area is 209 Å². The van der Waals surface area contributed by atoms with Crippen molar-refractivity contribution in [2.45, 2.75) is 38.4 Å². The first-order valence-corrected chi connectivity index (χ1v) is 12.3. The number of carbonyl (C=O) groups is 1. The number of aromatic amines is 2. The van der Waals surface area contributed by atoms with Gasteiger partial charge in [0, 0.05) is 53.5 Å². The molecule has 2 N–H and O–H groups in total. The van der Waals surface area contributed by atoms with Gasteiger partial charge in [0.15, 0.2) is 5.78 Å². The highest BCUT2D eigenvalue weighted by Crippen LogP contribution is 2.36. The lowest BCUT2D eigenvalue weighted by Gasteiger charge is -2.25. The summed E-state index contributed by atoms with van der Waals surface area (Å²) in [5.41, 5.74) is 4.85. The maximum Gasteiger partial charge on any atom is 0.163 e. The van der Waals surface area contributed by atoms with Crippen LogP contribution >= 0.6 is 0 Å². The van der Waals surface area contributed by atoms with Gasteiger partial charge in [-0.15, -0.1) is 0 Å². The largest absolute Gasteiger partial charge is 0.488 e. The molecule has 0 radical (unpaired) electrons. The molecule has 180 valence electrons. The van der Waals surface area contributed by atoms with E-state index < -0.39 is 0 Å². The minimum absolute atomic E-state index is 0.187. The third kappa shape index (κ3) is 4.38. The van der Waals surface area contributed by atoms with E-state index in [4.69, 9.17) is 9.47 Å². The summed E-state index contributed by atoms with van der Waals surface area (Å²) in [6.07, 6.45) is 8.09. The van der Waals surface area contributed by atoms with Gasteiger partial charge in [0.1, 0.15) is 30.0 Å². The first-order chi connectivity index (χ1) is 17.8. The Balaban J connectivity index is 1.37. The maximum absolute atomic E-state index is 12.7. The van der Waals surface area contributed by atoms with E-state index in [1.807, 2.05) is 67.0 Å². The first-order valence-electron chi connectivity index (χ1n) is 12.3. The minimum Gasteiger partial charge on any atom is -0.488 e. The van der Waals surface area contributed by atoms with Crippen molar-refractivity contribution in [3.05, 3.63) is 113 Å². The van der Waals surface area contributed by atoms with Gasteiger partial charge in [0.05, 0.1) is 0 Å². The number of rotatable bonds is 8. The number of Topliss-reactive ketones (excluding diaryl/α,β-unsaturated/α-hetero) is 1. The van der Waals surface area contributed by atoms with E-state index in [9.17, 15) is 4.79 Å². The van der Waals surface area contributed by atoms with Crippen molar-refractivity contribution in [1.29, 1.82) is 0 Å². The number of ether oxygens (including phenoxy) is 2. The van der Waals surface area contributed by atoms with Crippen molar-refractivity contribution in [3.8, 4) is 11.5 Å². The SMILES string of the molecule is O=C1CCCc2c1ccc(O[C@@H](Cc1ncc[nH]1)c1ccccc1)c2COc1cccc2[nH]ccc12. The molecule has 0 fully saturated rings. The molecule has 36 heavy (non-hydrogen) atoms. The van der Waals surface area contributed by atoms with Crippen LogP contribution in [0.4, 0.5) is 0 Å². The van der Waals surface area contributed by atoms with E-state index in [1.165, 1.54) is 0 Å². The van der Waals surface area contributed by atoms with Crippen LogP contribution in [-0.4, -0.2) is 20.7 Å². The molecule has 0 unspecified atom stereocenters. The fraction of sp³-hybridized carbons (Fsp3) is 0.200. The average molecular weight is 478 g/mol. The second-order valence-electron chi connectivity index (χ2n) is 9.09. The molecular formula is C30H27N3O3. The molecule has 0 amide bonds. The van der Waals surface area contributed by atoms with Crippen LogP contribution < -0.4 is 9.47 Å². The molecule has 1 aliphatic rings. The van der Waals surface area contributed by atoms with Gasteiger partial charge in [0.25, 0.3) is 0 Å². The molecule has 6 rings (SSSR count). The van der Waals surface area contributed by atoms with Crippen molar-refractivity contribution < 1.29 is 14.3 Å². The Morgan fingerprint density at radius 3 is 2.67 bits per heavy atom. The summed E-state index contributed by atoms with van der Waals surface area (Å²) in [4.78, 5) is 23.6. The smallest absolute Gasteiger partial charge is 0.163 e. The molecule has 1 atom stereocenters. The monoisotopic (exact) mass is 477 g/mol. The quantitative estimate of drug-likeness (QED) is 0.273. The van der Waals surface area contributed by atoms with Gasteiger partial charge >= 0.3 is 0 Å². The number of hydrogen-bond acceptors (Lipinski definition) is 4. The van der Waals surface area contributed by atoms with Crippen molar-refractivity contribution in [3.63, 3.8) is 0 Å². The summed E-state index contributed by atoms with van der Waals surface area (Å²) >= 11 is 0. The zero-order valence-electron chi connectivity index (χ0n) is 19.9. The van der Waals surface area contributed by atoms with Crippen molar-refractivity contribution in [1.82, 2.24) is 15.0 Å². The average Bonchev–Trinajstić information content (AvgIpc) is 3.61. The number of benzene rings is 3. The fourth-order valence-electron chi connectivity index (χ4n) is 5.01. The Morgan fingerprint density at radius 2 is 1.81 bits per heavy atom. The Morgan fingerprint density at radius 1 is 0.889 bits per heavy atom. The van der Waals surface area contributed by atoms with E-state index in [0.717, 1.165) is 63.3 Å². The molecule has 1 aliphatic carbocycles. The second kappa shape index (κ2) is 9.74. The molecule has 2 aromatic heterocycles. The lowest BCUT2D eigenvalue weighted by molar-refractivity contribution is 0.0971. The standard InChI is InChI=1S/C30H27N3O3/c34-26-10-4-8-21-22(26)12-13-28(24(21)19-35-27-11-5-9-25-23(27)14-15-31-25)36-29(18-30-32-16-17-33-30)20-6-2-1-3-7-20/h1-3,5-7,9,11-17,29,31H,4,8,10,18-19H2,(H,32,33)/t29-/m0/s1. The summed E-state index contributed by atoms with van der Waals surface area (Å²) in [5.74, 6) is 2.58. The third-order valence-electron chi connectivity index (χ3n) is 6.82. The number of nitrogens with one attached hydrogen (secondary N) is 2. The Hall–Kier alpha value is -4.32. The van der Waals surface area contributed by atoms with E-state index in [0.29, 0.717) is 19.4 Å². The summed E-state index contributed by atoms with van der Waals surface area (Å²) < 4.78 is 13.1. The number of ketones is 1. The van der Waals surface area contributed by atoms with Gasteiger partial charge in [-0.1, -0.05) is 36.4 Å². The highest BCUT2D eigenvalue weighted by molar-refractivity contribution is 5.99. The van der Waals surface area contributed by atoms with Gasteiger partial charge in [-0.05, 0) is 54.3 Å². The van der Waals surface area contributed by atoms with Gasteiger partial charge in [-0.25, -0.2) is 4.98 Å². The topological polar surface area (TPSA) is 80.0 Å². The van der Waals surface area contributed by atoms with Crippen molar-refractivity contribution in [2.24, 2.45) is 0 Å². The number of fused-ring (bicyclic) bond motifs is 2. The predicted octanol–water partition coefficient (Wildman–Crippen LogP) is 6.35. The number of carbonyl (C=O) groups excluding carboxylic acids is 1. The molecule has 0 spiro atoms. The van der Waals surface area contributed by atoms with Crippen LogP contribution in [0.5, 0.6) is 11.5 Å². The van der Waals surface area contributed by atoms with Crippen LogP contribution in [0.15, 0.2) is 85.3 Å². The van der Waals surface area contributed by atoms with E-state index in [2.05, 4.69) is 27.1 Å². The molecule has 0 saturated carbocycles. The van der Waals surface area contributed by atoms with Gasteiger partial charge in [0.2, 0.25) is 0 Å².